The summed E-state index contributed by atoms with van der Waals surface area (Å²) in [6.07, 6.45) is -3.23. The number of sulfone groups is 1. The third-order valence-electron chi connectivity index (χ3n) is 6.56. The van der Waals surface area contributed by atoms with Crippen LogP contribution >= 0.6 is 0 Å². The number of carbonyl (C=O) groups is 2. The highest BCUT2D eigenvalue weighted by atomic mass is 32.2. The molecule has 0 aliphatic carbocycles. The van der Waals surface area contributed by atoms with E-state index in [1.54, 1.807) is 19.9 Å². The van der Waals surface area contributed by atoms with Crippen LogP contribution in [0, 0.1) is 5.82 Å². The molecule has 0 saturated carbocycles. The Kier molecular flexibility index (Phi) is 8.27. The summed E-state index contributed by atoms with van der Waals surface area (Å²) < 4.78 is 87.2. The van der Waals surface area contributed by atoms with Crippen LogP contribution in [-0.4, -0.2) is 61.9 Å². The lowest BCUT2D eigenvalue weighted by atomic mass is 9.85. The standard InChI is InChI=1S/C27H28F4N4O6S/c1-5-15-10-17(41-14-27(29,30)31)7-8-18(15)26(2)13-35-24(25(37)33-26)23(32-21(36)12-42(4,38)39)22(34-35)16-6-9-20(40-3)19(28)11-16/h6-11H,5,12-14H2,1-4H3,(H,32,36)(H,33,37)/t26-/m1/s1. The minimum absolute atomic E-state index is 0.0113. The topological polar surface area (TPSA) is 129 Å². The van der Waals surface area contributed by atoms with E-state index in [0.29, 0.717) is 17.5 Å². The Morgan fingerprint density at radius 3 is 2.52 bits per heavy atom. The van der Waals surface area contributed by atoms with Gasteiger partial charge in [-0.25, -0.2) is 12.8 Å². The van der Waals surface area contributed by atoms with Gasteiger partial charge in [0.25, 0.3) is 5.91 Å². The number of aromatic nitrogens is 2. The number of rotatable bonds is 9. The highest BCUT2D eigenvalue weighted by Gasteiger charge is 2.41. The molecular formula is C27H28F4N4O6S. The lowest BCUT2D eigenvalue weighted by molar-refractivity contribution is -0.153. The van der Waals surface area contributed by atoms with E-state index in [4.69, 9.17) is 9.47 Å². The molecule has 0 unspecified atom stereocenters. The van der Waals surface area contributed by atoms with E-state index < -0.39 is 51.5 Å². The fourth-order valence-corrected chi connectivity index (χ4v) is 5.36. The maximum absolute atomic E-state index is 14.6. The van der Waals surface area contributed by atoms with Crippen molar-refractivity contribution in [1.29, 1.82) is 0 Å². The number of benzene rings is 2. The van der Waals surface area contributed by atoms with Gasteiger partial charge in [0.15, 0.2) is 33.7 Å². The van der Waals surface area contributed by atoms with Crippen LogP contribution < -0.4 is 20.1 Å². The van der Waals surface area contributed by atoms with Gasteiger partial charge in [0.05, 0.1) is 19.2 Å². The number of nitrogens with zero attached hydrogens (tertiary/aromatic N) is 2. The third kappa shape index (κ3) is 6.66. The van der Waals surface area contributed by atoms with Gasteiger partial charge in [0, 0.05) is 11.8 Å². The molecule has 1 atom stereocenters. The Morgan fingerprint density at radius 1 is 1.21 bits per heavy atom. The van der Waals surface area contributed by atoms with Gasteiger partial charge in [-0.1, -0.05) is 13.0 Å². The van der Waals surface area contributed by atoms with Gasteiger partial charge in [-0.2, -0.15) is 18.3 Å². The van der Waals surface area contributed by atoms with Crippen molar-refractivity contribution in [2.45, 2.75) is 38.5 Å². The summed E-state index contributed by atoms with van der Waals surface area (Å²) in [6, 6.07) is 8.32. The fraction of sp³-hybridized carbons (Fsp3) is 0.370. The average molecular weight is 613 g/mol. The van der Waals surface area contributed by atoms with Gasteiger partial charge in [0.1, 0.15) is 22.9 Å². The Morgan fingerprint density at radius 2 is 1.93 bits per heavy atom. The molecule has 226 valence electrons. The summed E-state index contributed by atoms with van der Waals surface area (Å²) in [5.74, 6) is -3.23. The van der Waals surface area contributed by atoms with Crippen molar-refractivity contribution in [3.63, 3.8) is 0 Å². The average Bonchev–Trinajstić information content (AvgIpc) is 3.23. The van der Waals surface area contributed by atoms with Gasteiger partial charge in [-0.05, 0) is 54.8 Å². The number of amides is 2. The summed E-state index contributed by atoms with van der Waals surface area (Å²) in [7, 11) is -2.44. The number of aryl methyl sites for hydroxylation is 1. The molecule has 2 amide bonds. The van der Waals surface area contributed by atoms with Crippen LogP contribution in [0.1, 0.15) is 35.5 Å². The number of hydrogen-bond acceptors (Lipinski definition) is 7. The van der Waals surface area contributed by atoms with E-state index in [0.717, 1.165) is 12.3 Å². The molecule has 2 heterocycles. The fourth-order valence-electron chi connectivity index (χ4n) is 4.81. The minimum Gasteiger partial charge on any atom is -0.494 e. The minimum atomic E-state index is -4.51. The molecule has 2 N–H and O–H groups in total. The Bertz CT molecular complexity index is 1650. The number of anilines is 1. The second-order valence-electron chi connectivity index (χ2n) is 10.1. The lowest BCUT2D eigenvalue weighted by Gasteiger charge is -2.37. The highest BCUT2D eigenvalue weighted by molar-refractivity contribution is 7.91. The van der Waals surface area contributed by atoms with Crippen LogP contribution in [0.2, 0.25) is 0 Å². The third-order valence-corrected chi connectivity index (χ3v) is 7.35. The molecule has 0 spiro atoms. The number of nitrogens with one attached hydrogen (secondary N) is 2. The number of carbonyl (C=O) groups excluding carboxylic acids is 2. The molecule has 1 aromatic heterocycles. The Balaban J connectivity index is 1.78. The molecule has 4 rings (SSSR count). The number of fused-ring (bicyclic) bond motifs is 1. The van der Waals surface area contributed by atoms with Crippen molar-refractivity contribution >= 4 is 27.3 Å². The highest BCUT2D eigenvalue weighted by Crippen LogP contribution is 2.38. The second kappa shape index (κ2) is 11.3. The van der Waals surface area contributed by atoms with Crippen molar-refractivity contribution in [2.75, 3.05) is 31.0 Å². The first-order chi connectivity index (χ1) is 19.5. The van der Waals surface area contributed by atoms with Gasteiger partial charge < -0.3 is 20.1 Å². The van der Waals surface area contributed by atoms with E-state index in [1.165, 1.54) is 36.1 Å². The molecule has 15 heteroatoms. The molecular weight excluding hydrogens is 584 g/mol. The number of alkyl halides is 3. The predicted octanol–water partition coefficient (Wildman–Crippen LogP) is 3.84. The number of hydrogen-bond donors (Lipinski definition) is 2. The molecule has 0 fully saturated rings. The maximum atomic E-state index is 14.6. The van der Waals surface area contributed by atoms with Gasteiger partial charge in [-0.15, -0.1) is 0 Å². The second-order valence-corrected chi connectivity index (χ2v) is 12.2. The van der Waals surface area contributed by atoms with Crippen molar-refractivity contribution in [3.05, 3.63) is 59.0 Å². The van der Waals surface area contributed by atoms with Crippen LogP contribution in [0.4, 0.5) is 23.2 Å². The summed E-state index contributed by atoms with van der Waals surface area (Å²) in [5, 5.41) is 9.84. The van der Waals surface area contributed by atoms with Crippen LogP contribution in [0.15, 0.2) is 36.4 Å². The summed E-state index contributed by atoms with van der Waals surface area (Å²) in [6.45, 7) is 2.06. The number of halogens is 4. The summed E-state index contributed by atoms with van der Waals surface area (Å²) in [4.78, 5) is 26.2. The molecule has 42 heavy (non-hydrogen) atoms. The SMILES string of the molecule is CCc1cc(OCC(F)(F)F)ccc1[C@@]1(C)Cn2nc(-c3ccc(OC)c(F)c3)c(NC(=O)CS(C)(=O)=O)c2C(=O)N1. The molecule has 1 aliphatic rings. The predicted molar refractivity (Wildman–Crippen MR) is 145 cm³/mol. The smallest absolute Gasteiger partial charge is 0.422 e. The molecule has 0 saturated heterocycles. The van der Waals surface area contributed by atoms with Crippen LogP contribution in [0.5, 0.6) is 11.5 Å². The lowest BCUT2D eigenvalue weighted by Crippen LogP contribution is -2.52. The quantitative estimate of drug-likeness (QED) is 0.352. The first-order valence-electron chi connectivity index (χ1n) is 12.6. The zero-order valence-electron chi connectivity index (χ0n) is 23.1. The molecule has 1 aliphatic heterocycles. The van der Waals surface area contributed by atoms with E-state index in [2.05, 4.69) is 15.7 Å². The monoisotopic (exact) mass is 612 g/mol. The Labute approximate surface area is 238 Å². The van der Waals surface area contributed by atoms with Gasteiger partial charge >= 0.3 is 6.18 Å². The molecule has 0 radical (unpaired) electrons. The van der Waals surface area contributed by atoms with Crippen LogP contribution in [0.25, 0.3) is 11.3 Å². The zero-order chi connectivity index (χ0) is 31.0. The van der Waals surface area contributed by atoms with E-state index in [-0.39, 0.29) is 40.7 Å². The summed E-state index contributed by atoms with van der Waals surface area (Å²) >= 11 is 0. The van der Waals surface area contributed by atoms with Crippen molar-refractivity contribution in [2.24, 2.45) is 0 Å². The first kappa shape index (κ1) is 30.8. The maximum Gasteiger partial charge on any atom is 0.422 e. The molecule has 2 aromatic carbocycles. The molecule has 3 aromatic rings. The van der Waals surface area contributed by atoms with Crippen molar-refractivity contribution < 1.29 is 45.0 Å². The van der Waals surface area contributed by atoms with Crippen LogP contribution in [-0.2, 0) is 33.1 Å². The van der Waals surface area contributed by atoms with E-state index >= 15 is 0 Å². The van der Waals surface area contributed by atoms with Gasteiger partial charge in [-0.3, -0.25) is 14.3 Å². The zero-order valence-corrected chi connectivity index (χ0v) is 23.9. The van der Waals surface area contributed by atoms with Crippen LogP contribution in [0.3, 0.4) is 0 Å². The van der Waals surface area contributed by atoms with E-state index in [9.17, 15) is 35.6 Å². The molecule has 10 nitrogen and oxygen atoms in total. The first-order valence-corrected chi connectivity index (χ1v) is 14.7. The van der Waals surface area contributed by atoms with Crippen molar-refractivity contribution in [3.8, 4) is 22.8 Å². The Hall–Kier alpha value is -4.14. The molecule has 0 bridgehead atoms. The summed E-state index contributed by atoms with van der Waals surface area (Å²) in [5.41, 5.74) is 0.0913. The van der Waals surface area contributed by atoms with E-state index in [1.807, 2.05) is 0 Å². The number of methoxy groups -OCH3 is 1. The van der Waals surface area contributed by atoms with Crippen molar-refractivity contribution in [1.82, 2.24) is 15.1 Å². The normalized spacial score (nSPS) is 16.9. The largest absolute Gasteiger partial charge is 0.494 e. The number of ether oxygens (including phenoxy) is 2. The van der Waals surface area contributed by atoms with Gasteiger partial charge in [0.2, 0.25) is 5.91 Å².